The minimum Gasteiger partial charge on any atom is -0.496 e. The first-order valence-electron chi connectivity index (χ1n) is 7.09. The summed E-state index contributed by atoms with van der Waals surface area (Å²) in [5.74, 6) is 0.411. The molecule has 114 valence electrons. The molecule has 23 heavy (non-hydrogen) atoms. The Morgan fingerprint density at radius 2 is 1.91 bits per heavy atom. The van der Waals surface area contributed by atoms with Crippen molar-refractivity contribution in [3.8, 4) is 5.75 Å². The zero-order valence-electron chi connectivity index (χ0n) is 12.6. The van der Waals surface area contributed by atoms with Gasteiger partial charge < -0.3 is 4.74 Å². The van der Waals surface area contributed by atoms with Gasteiger partial charge in [0.15, 0.2) is 0 Å². The lowest BCUT2D eigenvalue weighted by atomic mass is 10.0. The van der Waals surface area contributed by atoms with Gasteiger partial charge in [-0.1, -0.05) is 30.3 Å². The number of aromatic nitrogens is 1. The molecule has 1 N–H and O–H groups in total. The molecule has 0 bridgehead atoms. The Bertz CT molecular complexity index is 861. The maximum Gasteiger partial charge on any atom is 0.271 e. The number of nitrogens with one attached hydrogen (secondary N) is 1. The molecule has 0 saturated heterocycles. The zero-order valence-corrected chi connectivity index (χ0v) is 12.6. The third-order valence-electron chi connectivity index (χ3n) is 3.45. The number of nitrogens with zero attached hydrogens (tertiary/aromatic N) is 2. The summed E-state index contributed by atoms with van der Waals surface area (Å²) in [7, 11) is 1.61. The van der Waals surface area contributed by atoms with Crippen molar-refractivity contribution in [3.63, 3.8) is 0 Å². The molecule has 1 heterocycles. The lowest BCUT2D eigenvalue weighted by Gasteiger charge is -2.08. The molecule has 2 aromatic carbocycles. The number of rotatable bonds is 4. The van der Waals surface area contributed by atoms with Crippen LogP contribution in [-0.4, -0.2) is 24.2 Å². The molecule has 0 radical (unpaired) electrons. The first-order chi connectivity index (χ1) is 11.3. The summed E-state index contributed by atoms with van der Waals surface area (Å²) in [6, 6.07) is 15.1. The van der Waals surface area contributed by atoms with E-state index < -0.39 is 0 Å². The maximum absolute atomic E-state index is 12.0. The highest BCUT2D eigenvalue weighted by Gasteiger charge is 2.07. The molecule has 0 saturated carbocycles. The summed E-state index contributed by atoms with van der Waals surface area (Å²) in [6.45, 7) is 0. The van der Waals surface area contributed by atoms with Crippen molar-refractivity contribution >= 4 is 22.9 Å². The number of hydrogen-bond acceptors (Lipinski definition) is 4. The second-order valence-electron chi connectivity index (χ2n) is 4.84. The molecule has 3 aromatic rings. The quantitative estimate of drug-likeness (QED) is 0.595. The number of benzene rings is 2. The summed E-state index contributed by atoms with van der Waals surface area (Å²) in [6.07, 6.45) is 4.72. The molecule has 3 rings (SSSR count). The minimum atomic E-state index is -0.289. The molecule has 0 atom stereocenters. The van der Waals surface area contributed by atoms with E-state index in [9.17, 15) is 4.79 Å². The lowest BCUT2D eigenvalue weighted by molar-refractivity contribution is 0.0955. The van der Waals surface area contributed by atoms with E-state index in [0.717, 1.165) is 16.3 Å². The van der Waals surface area contributed by atoms with Crippen LogP contribution in [0.25, 0.3) is 10.8 Å². The van der Waals surface area contributed by atoms with Gasteiger partial charge in [0.25, 0.3) is 5.91 Å². The van der Waals surface area contributed by atoms with Crippen molar-refractivity contribution in [2.24, 2.45) is 5.10 Å². The predicted octanol–water partition coefficient (Wildman–Crippen LogP) is 3.01. The molecule has 5 nitrogen and oxygen atoms in total. The summed E-state index contributed by atoms with van der Waals surface area (Å²) in [4.78, 5) is 15.8. The summed E-state index contributed by atoms with van der Waals surface area (Å²) >= 11 is 0. The Hall–Kier alpha value is -3.21. The molecule has 0 aliphatic carbocycles. The van der Waals surface area contributed by atoms with E-state index >= 15 is 0 Å². The average Bonchev–Trinajstić information content (AvgIpc) is 2.62. The SMILES string of the molecule is COc1ccc2ccccc2c1/C=N/NC(=O)c1ccncc1. The fourth-order valence-electron chi connectivity index (χ4n) is 2.31. The van der Waals surface area contributed by atoms with Crippen LogP contribution < -0.4 is 10.2 Å². The highest BCUT2D eigenvalue weighted by atomic mass is 16.5. The van der Waals surface area contributed by atoms with Gasteiger partial charge in [-0.3, -0.25) is 9.78 Å². The number of ether oxygens (including phenoxy) is 1. The second-order valence-corrected chi connectivity index (χ2v) is 4.84. The van der Waals surface area contributed by atoms with Crippen molar-refractivity contribution < 1.29 is 9.53 Å². The fourth-order valence-corrected chi connectivity index (χ4v) is 2.31. The van der Waals surface area contributed by atoms with Gasteiger partial charge in [0.2, 0.25) is 0 Å². The third-order valence-corrected chi connectivity index (χ3v) is 3.45. The van der Waals surface area contributed by atoms with Crippen LogP contribution in [0.1, 0.15) is 15.9 Å². The van der Waals surface area contributed by atoms with Gasteiger partial charge >= 0.3 is 0 Å². The number of pyridine rings is 1. The van der Waals surface area contributed by atoms with Gasteiger partial charge in [-0.2, -0.15) is 5.10 Å². The van der Waals surface area contributed by atoms with Crippen LogP contribution in [0.2, 0.25) is 0 Å². The Balaban J connectivity index is 1.87. The number of carbonyl (C=O) groups is 1. The maximum atomic E-state index is 12.0. The van der Waals surface area contributed by atoms with Crippen molar-refractivity contribution in [1.82, 2.24) is 10.4 Å². The number of carbonyl (C=O) groups excluding carboxylic acids is 1. The molecule has 0 aliphatic heterocycles. The number of fused-ring (bicyclic) bond motifs is 1. The van der Waals surface area contributed by atoms with E-state index in [-0.39, 0.29) is 5.91 Å². The molecular weight excluding hydrogens is 290 g/mol. The van der Waals surface area contributed by atoms with Crippen LogP contribution in [0.3, 0.4) is 0 Å². The Morgan fingerprint density at radius 3 is 2.70 bits per heavy atom. The van der Waals surface area contributed by atoms with Crippen LogP contribution in [0.5, 0.6) is 5.75 Å². The van der Waals surface area contributed by atoms with Gasteiger partial charge in [0.05, 0.1) is 13.3 Å². The van der Waals surface area contributed by atoms with Gasteiger partial charge in [0.1, 0.15) is 5.75 Å². The smallest absolute Gasteiger partial charge is 0.271 e. The topological polar surface area (TPSA) is 63.6 Å². The lowest BCUT2D eigenvalue weighted by Crippen LogP contribution is -2.17. The molecule has 0 fully saturated rings. The van der Waals surface area contributed by atoms with Crippen molar-refractivity contribution in [1.29, 1.82) is 0 Å². The van der Waals surface area contributed by atoms with Crippen molar-refractivity contribution in [3.05, 3.63) is 72.1 Å². The number of hydrogen-bond donors (Lipinski definition) is 1. The largest absolute Gasteiger partial charge is 0.496 e. The van der Waals surface area contributed by atoms with E-state index in [1.807, 2.05) is 36.4 Å². The number of amides is 1. The van der Waals surface area contributed by atoms with E-state index in [1.54, 1.807) is 37.9 Å². The summed E-state index contributed by atoms with van der Waals surface area (Å²) < 4.78 is 5.38. The fraction of sp³-hybridized carbons (Fsp3) is 0.0556. The highest BCUT2D eigenvalue weighted by Crippen LogP contribution is 2.26. The average molecular weight is 305 g/mol. The monoisotopic (exact) mass is 305 g/mol. The first-order valence-corrected chi connectivity index (χ1v) is 7.09. The number of methoxy groups -OCH3 is 1. The molecule has 1 amide bonds. The minimum absolute atomic E-state index is 0.289. The van der Waals surface area contributed by atoms with Gasteiger partial charge in [-0.05, 0) is 29.0 Å². The van der Waals surface area contributed by atoms with Gasteiger partial charge in [0, 0.05) is 23.5 Å². The number of hydrazone groups is 1. The Morgan fingerprint density at radius 1 is 1.13 bits per heavy atom. The Labute approximate surface area is 133 Å². The van der Waals surface area contributed by atoms with Gasteiger partial charge in [-0.15, -0.1) is 0 Å². The van der Waals surface area contributed by atoms with E-state index in [0.29, 0.717) is 11.3 Å². The van der Waals surface area contributed by atoms with Crippen LogP contribution in [-0.2, 0) is 0 Å². The first kappa shape index (κ1) is 14.7. The molecule has 0 unspecified atom stereocenters. The third kappa shape index (κ3) is 3.18. The van der Waals surface area contributed by atoms with E-state index in [1.165, 1.54) is 0 Å². The Kier molecular flexibility index (Phi) is 4.29. The molecule has 0 spiro atoms. The summed E-state index contributed by atoms with van der Waals surface area (Å²) in [5.41, 5.74) is 3.83. The highest BCUT2D eigenvalue weighted by molar-refractivity contribution is 6.03. The van der Waals surface area contributed by atoms with Crippen molar-refractivity contribution in [2.75, 3.05) is 7.11 Å². The van der Waals surface area contributed by atoms with Crippen LogP contribution in [0, 0.1) is 0 Å². The standard InChI is InChI=1S/C18H15N3O2/c1-23-17-7-6-13-4-2-3-5-15(13)16(17)12-20-21-18(22)14-8-10-19-11-9-14/h2-12H,1H3,(H,21,22)/b20-12+. The van der Waals surface area contributed by atoms with Gasteiger partial charge in [-0.25, -0.2) is 5.43 Å². The summed E-state index contributed by atoms with van der Waals surface area (Å²) in [5, 5.41) is 6.14. The molecule has 1 aromatic heterocycles. The molecule has 5 heteroatoms. The van der Waals surface area contributed by atoms with Crippen LogP contribution in [0.15, 0.2) is 66.0 Å². The second kappa shape index (κ2) is 6.70. The normalized spacial score (nSPS) is 10.8. The zero-order chi connectivity index (χ0) is 16.1. The van der Waals surface area contributed by atoms with Crippen LogP contribution in [0.4, 0.5) is 0 Å². The van der Waals surface area contributed by atoms with E-state index in [2.05, 4.69) is 15.5 Å². The van der Waals surface area contributed by atoms with Crippen LogP contribution >= 0.6 is 0 Å². The van der Waals surface area contributed by atoms with E-state index in [4.69, 9.17) is 4.74 Å². The van der Waals surface area contributed by atoms with Crippen molar-refractivity contribution in [2.45, 2.75) is 0 Å². The predicted molar refractivity (Wildman–Crippen MR) is 89.8 cm³/mol. The molecule has 0 aliphatic rings. The molecular formula is C18H15N3O2.